The molecule has 2 heterocycles. The van der Waals surface area contributed by atoms with E-state index in [1.807, 2.05) is 38.8 Å². The molecule has 2 aromatic heterocycles. The van der Waals surface area contributed by atoms with Crippen molar-refractivity contribution in [1.29, 1.82) is 0 Å². The van der Waals surface area contributed by atoms with Crippen LogP contribution in [0.2, 0.25) is 0 Å². The molecule has 1 N–H and O–H groups in total. The van der Waals surface area contributed by atoms with Crippen molar-refractivity contribution in [2.45, 2.75) is 0 Å². The summed E-state index contributed by atoms with van der Waals surface area (Å²) in [5, 5.41) is 3.21. The minimum absolute atomic E-state index is 0.697. The molecule has 0 aliphatic rings. The third-order valence-electron chi connectivity index (χ3n) is 5.07. The zero-order valence-corrected chi connectivity index (χ0v) is 20.2. The summed E-state index contributed by atoms with van der Waals surface area (Å²) >= 11 is 6.82. The number of nitrogens with zero attached hydrogens (tertiary/aromatic N) is 4. The topological polar surface area (TPSA) is 39.3 Å². The van der Waals surface area contributed by atoms with Gasteiger partial charge in [0.1, 0.15) is 0 Å². The lowest BCUT2D eigenvalue weighted by atomic mass is 10.1. The van der Waals surface area contributed by atoms with Gasteiger partial charge in [0.15, 0.2) is 15.3 Å². The molecular formula is C25H26N5S2+. The average molecular weight is 461 g/mol. The number of hydrogen-bond acceptors (Lipinski definition) is 5. The number of anilines is 2. The molecule has 0 spiro atoms. The van der Waals surface area contributed by atoms with E-state index < -0.39 is 0 Å². The first-order chi connectivity index (χ1) is 15.4. The van der Waals surface area contributed by atoms with Crippen LogP contribution in [-0.2, 0) is 0 Å². The molecule has 4 aromatic rings. The first-order valence-corrected chi connectivity index (χ1v) is 11.5. The van der Waals surface area contributed by atoms with Gasteiger partial charge in [0.25, 0.3) is 0 Å². The molecule has 2 aromatic carbocycles. The molecule has 0 fully saturated rings. The van der Waals surface area contributed by atoms with Gasteiger partial charge in [-0.25, -0.2) is 5.10 Å². The summed E-state index contributed by atoms with van der Waals surface area (Å²) in [6, 6.07) is 19.0. The van der Waals surface area contributed by atoms with Gasteiger partial charge in [-0.1, -0.05) is 36.4 Å². The summed E-state index contributed by atoms with van der Waals surface area (Å²) < 4.78 is 2.63. The van der Waals surface area contributed by atoms with E-state index in [-0.39, 0.29) is 0 Å². The maximum Gasteiger partial charge on any atom is 0.409 e. The Morgan fingerprint density at radius 3 is 1.88 bits per heavy atom. The summed E-state index contributed by atoms with van der Waals surface area (Å²) in [5.74, 6) is 0. The van der Waals surface area contributed by atoms with E-state index in [0.717, 1.165) is 27.5 Å². The Balaban J connectivity index is 1.64. The summed E-state index contributed by atoms with van der Waals surface area (Å²) in [7, 11) is 8.16. The zero-order valence-electron chi connectivity index (χ0n) is 18.6. The lowest BCUT2D eigenvalue weighted by Crippen LogP contribution is -2.28. The molecule has 0 unspecified atom stereocenters. The normalized spacial score (nSPS) is 11.6. The molecule has 0 radical (unpaired) electrons. The Morgan fingerprint density at radius 1 is 0.812 bits per heavy atom. The third kappa shape index (κ3) is 5.12. The molecular weight excluding hydrogens is 434 g/mol. The van der Waals surface area contributed by atoms with Crippen molar-refractivity contribution in [3.8, 4) is 0 Å². The van der Waals surface area contributed by atoms with Crippen LogP contribution in [0.15, 0.2) is 54.6 Å². The van der Waals surface area contributed by atoms with Crippen molar-refractivity contribution >= 4 is 64.2 Å². The van der Waals surface area contributed by atoms with Crippen molar-refractivity contribution < 1.29 is 4.52 Å². The highest BCUT2D eigenvalue weighted by atomic mass is 32.1. The maximum atomic E-state index is 5.36. The van der Waals surface area contributed by atoms with Gasteiger partial charge in [0, 0.05) is 45.6 Å². The number of fused-ring (bicyclic) bond motifs is 1. The largest absolute Gasteiger partial charge is 0.409 e. The van der Waals surface area contributed by atoms with E-state index in [1.54, 1.807) is 0 Å². The van der Waals surface area contributed by atoms with Crippen LogP contribution < -0.4 is 14.3 Å². The molecule has 7 heteroatoms. The smallest absolute Gasteiger partial charge is 0.378 e. The SMILES string of the molecule is CN(C)c1ccc(/C=C/c2cc(/C=C/c3ccc(N(C)C)cc3)[n+]3[nH]c(=S)sc3n2)cc1. The van der Waals surface area contributed by atoms with Gasteiger partial charge in [-0.3, -0.25) is 0 Å². The van der Waals surface area contributed by atoms with Gasteiger partial charge in [0.05, 0.1) is 0 Å². The Labute approximate surface area is 197 Å². The second-order valence-electron chi connectivity index (χ2n) is 7.86. The second kappa shape index (κ2) is 9.46. The standard InChI is InChI=1S/C25H25N5S2/c1-28(2)21-12-6-18(7-13-21)5-11-20-17-23(30-24(26-20)32-25(31)27-30)16-10-19-8-14-22(15-9-19)29(3)4/h5-17H,1-4H3/p+1. The molecule has 0 aliphatic heterocycles. The fraction of sp³-hybridized carbons (Fsp3) is 0.160. The minimum Gasteiger partial charge on any atom is -0.378 e. The predicted octanol–water partition coefficient (Wildman–Crippen LogP) is 5.41. The molecule has 4 rings (SSSR count). The molecule has 32 heavy (non-hydrogen) atoms. The zero-order chi connectivity index (χ0) is 22.7. The highest BCUT2D eigenvalue weighted by Crippen LogP contribution is 2.17. The van der Waals surface area contributed by atoms with Crippen molar-refractivity contribution in [3.05, 3.63) is 81.1 Å². The van der Waals surface area contributed by atoms with E-state index >= 15 is 0 Å². The number of H-pyrrole nitrogens is 1. The highest BCUT2D eigenvalue weighted by molar-refractivity contribution is 7.73. The Morgan fingerprint density at radius 2 is 1.34 bits per heavy atom. The molecule has 162 valence electrons. The van der Waals surface area contributed by atoms with Crippen molar-refractivity contribution in [2.24, 2.45) is 0 Å². The summed E-state index contributed by atoms with van der Waals surface area (Å²) in [5.41, 5.74) is 6.49. The monoisotopic (exact) mass is 460 g/mol. The molecule has 0 aliphatic carbocycles. The lowest BCUT2D eigenvalue weighted by molar-refractivity contribution is -0.580. The Hall–Kier alpha value is -3.29. The fourth-order valence-electron chi connectivity index (χ4n) is 3.24. The maximum absolute atomic E-state index is 5.36. The number of nitrogens with one attached hydrogen (secondary N) is 1. The predicted molar refractivity (Wildman–Crippen MR) is 140 cm³/mol. The number of hydrogen-bond donors (Lipinski definition) is 1. The first-order valence-electron chi connectivity index (χ1n) is 10.3. The van der Waals surface area contributed by atoms with E-state index in [4.69, 9.17) is 17.2 Å². The van der Waals surface area contributed by atoms with Crippen molar-refractivity contribution in [2.75, 3.05) is 38.0 Å². The quantitative estimate of drug-likeness (QED) is 0.308. The van der Waals surface area contributed by atoms with Crippen molar-refractivity contribution in [3.63, 3.8) is 0 Å². The van der Waals surface area contributed by atoms with E-state index in [0.29, 0.717) is 3.95 Å². The van der Waals surface area contributed by atoms with Gasteiger partial charge in [-0.05, 0) is 76.1 Å². The van der Waals surface area contributed by atoms with Crippen LogP contribution in [0.25, 0.3) is 29.3 Å². The average Bonchev–Trinajstić information content (AvgIpc) is 3.16. The molecule has 0 amide bonds. The van der Waals surface area contributed by atoms with Crippen LogP contribution in [0.1, 0.15) is 22.5 Å². The minimum atomic E-state index is 0.697. The highest BCUT2D eigenvalue weighted by Gasteiger charge is 2.14. The Kier molecular flexibility index (Phi) is 6.48. The summed E-state index contributed by atoms with van der Waals surface area (Å²) in [6.45, 7) is 0. The third-order valence-corrected chi connectivity index (χ3v) is 6.14. The summed E-state index contributed by atoms with van der Waals surface area (Å²) in [4.78, 5) is 9.77. The van der Waals surface area contributed by atoms with E-state index in [9.17, 15) is 0 Å². The van der Waals surface area contributed by atoms with Crippen LogP contribution in [0.5, 0.6) is 0 Å². The van der Waals surface area contributed by atoms with Gasteiger partial charge in [-0.2, -0.15) is 0 Å². The van der Waals surface area contributed by atoms with Crippen LogP contribution in [-0.4, -0.2) is 38.3 Å². The van der Waals surface area contributed by atoms with Crippen molar-refractivity contribution in [1.82, 2.24) is 10.1 Å². The second-order valence-corrected chi connectivity index (χ2v) is 9.51. The van der Waals surface area contributed by atoms with Gasteiger partial charge in [0.2, 0.25) is 0 Å². The molecule has 0 saturated heterocycles. The molecule has 5 nitrogen and oxygen atoms in total. The van der Waals surface area contributed by atoms with Crippen LogP contribution in [0.4, 0.5) is 11.4 Å². The molecule has 0 atom stereocenters. The van der Waals surface area contributed by atoms with Gasteiger partial charge < -0.3 is 9.80 Å². The molecule has 0 bridgehead atoms. The molecule has 0 saturated carbocycles. The summed E-state index contributed by atoms with van der Waals surface area (Å²) in [6.07, 6.45) is 8.30. The van der Waals surface area contributed by atoms with E-state index in [1.165, 1.54) is 22.7 Å². The number of aromatic nitrogens is 3. The lowest BCUT2D eigenvalue weighted by Gasteiger charge is -2.11. The Bertz CT molecular complexity index is 1330. The number of rotatable bonds is 6. The first kappa shape index (κ1) is 21.9. The van der Waals surface area contributed by atoms with Crippen LogP contribution in [0, 0.1) is 3.95 Å². The van der Waals surface area contributed by atoms with E-state index in [2.05, 4.69) is 87.7 Å². The van der Waals surface area contributed by atoms with Gasteiger partial charge in [-0.15, -0.1) is 4.52 Å². The fourth-order valence-corrected chi connectivity index (χ4v) is 4.25. The van der Waals surface area contributed by atoms with Crippen LogP contribution >= 0.6 is 23.6 Å². The van der Waals surface area contributed by atoms with Crippen LogP contribution in [0.3, 0.4) is 0 Å². The number of aromatic amines is 1. The number of benzene rings is 2. The van der Waals surface area contributed by atoms with Gasteiger partial charge >= 0.3 is 4.96 Å².